The van der Waals surface area contributed by atoms with Crippen LogP contribution in [0, 0.1) is 0 Å². The lowest BCUT2D eigenvalue weighted by molar-refractivity contribution is -0.142. The molecular formula is C13H16BrNO3. The van der Waals surface area contributed by atoms with Gasteiger partial charge in [-0.15, -0.1) is 0 Å². The molecule has 1 heterocycles. The number of ether oxygens (including phenoxy) is 2. The number of carbonyl (C=O) groups excluding carboxylic acids is 1. The van der Waals surface area contributed by atoms with E-state index in [9.17, 15) is 4.79 Å². The molecule has 1 aliphatic rings. The van der Waals surface area contributed by atoms with Crippen LogP contribution in [0.15, 0.2) is 16.6 Å². The smallest absolute Gasteiger partial charge is 0.319 e. The Bertz CT molecular complexity index is 448. The Morgan fingerprint density at radius 2 is 2.39 bits per heavy atom. The first kappa shape index (κ1) is 13.4. The molecule has 0 radical (unpaired) electrons. The minimum Gasteiger partial charge on any atom is -0.493 e. The lowest BCUT2D eigenvalue weighted by atomic mass is 10.1. The quantitative estimate of drug-likeness (QED) is 0.845. The largest absolute Gasteiger partial charge is 0.493 e. The highest BCUT2D eigenvalue weighted by atomic mass is 79.9. The lowest BCUT2D eigenvalue weighted by Gasteiger charge is -2.10. The molecule has 0 bridgehead atoms. The molecule has 0 saturated heterocycles. The van der Waals surface area contributed by atoms with Crippen molar-refractivity contribution in [2.75, 3.05) is 19.8 Å². The maximum atomic E-state index is 11.2. The third-order valence-electron chi connectivity index (χ3n) is 2.72. The van der Waals surface area contributed by atoms with Crippen molar-refractivity contribution < 1.29 is 14.3 Å². The average Bonchev–Trinajstić information content (AvgIpc) is 2.77. The predicted molar refractivity (Wildman–Crippen MR) is 71.7 cm³/mol. The van der Waals surface area contributed by atoms with E-state index in [1.807, 2.05) is 6.07 Å². The Balaban J connectivity index is 1.95. The molecule has 0 aromatic heterocycles. The van der Waals surface area contributed by atoms with Gasteiger partial charge in [0.05, 0.1) is 19.8 Å². The van der Waals surface area contributed by atoms with E-state index in [2.05, 4.69) is 27.3 Å². The lowest BCUT2D eigenvalue weighted by Crippen LogP contribution is -2.24. The van der Waals surface area contributed by atoms with Crippen LogP contribution in [0.5, 0.6) is 5.75 Å². The Morgan fingerprint density at radius 3 is 3.17 bits per heavy atom. The van der Waals surface area contributed by atoms with Gasteiger partial charge in [-0.2, -0.15) is 0 Å². The van der Waals surface area contributed by atoms with Crippen LogP contribution < -0.4 is 10.1 Å². The summed E-state index contributed by atoms with van der Waals surface area (Å²) in [6.07, 6.45) is 0.944. The van der Waals surface area contributed by atoms with Gasteiger partial charge in [0.1, 0.15) is 5.75 Å². The van der Waals surface area contributed by atoms with E-state index in [0.717, 1.165) is 28.8 Å². The summed E-state index contributed by atoms with van der Waals surface area (Å²) in [7, 11) is 0. The molecule has 0 saturated carbocycles. The molecule has 2 rings (SSSR count). The van der Waals surface area contributed by atoms with E-state index in [0.29, 0.717) is 13.2 Å². The standard InChI is InChI=1S/C13H16BrNO3/c1-2-17-12(16)8-15-7-10-6-11(14)5-9-3-4-18-13(9)10/h5-6,15H,2-4,7-8H2,1H3. The van der Waals surface area contributed by atoms with Gasteiger partial charge in [0.2, 0.25) is 0 Å². The van der Waals surface area contributed by atoms with Gasteiger partial charge < -0.3 is 14.8 Å². The van der Waals surface area contributed by atoms with Gasteiger partial charge in [0.25, 0.3) is 0 Å². The fourth-order valence-electron chi connectivity index (χ4n) is 1.99. The van der Waals surface area contributed by atoms with Gasteiger partial charge >= 0.3 is 5.97 Å². The van der Waals surface area contributed by atoms with Crippen LogP contribution in [0.4, 0.5) is 0 Å². The zero-order valence-electron chi connectivity index (χ0n) is 10.3. The molecule has 98 valence electrons. The number of hydrogen-bond donors (Lipinski definition) is 1. The molecule has 0 unspecified atom stereocenters. The molecule has 0 atom stereocenters. The summed E-state index contributed by atoms with van der Waals surface area (Å²) >= 11 is 3.49. The topological polar surface area (TPSA) is 47.6 Å². The van der Waals surface area contributed by atoms with E-state index in [4.69, 9.17) is 9.47 Å². The van der Waals surface area contributed by atoms with Crippen molar-refractivity contribution >= 4 is 21.9 Å². The monoisotopic (exact) mass is 313 g/mol. The second-order valence-electron chi connectivity index (χ2n) is 4.06. The molecule has 0 fully saturated rings. The summed E-state index contributed by atoms with van der Waals surface area (Å²) in [5.74, 6) is 0.722. The third-order valence-corrected chi connectivity index (χ3v) is 3.17. The number of halogens is 1. The summed E-state index contributed by atoms with van der Waals surface area (Å²) in [6.45, 7) is 3.76. The highest BCUT2D eigenvalue weighted by Gasteiger charge is 2.17. The minimum absolute atomic E-state index is 0.217. The number of rotatable bonds is 5. The van der Waals surface area contributed by atoms with Gasteiger partial charge in [0.15, 0.2) is 0 Å². The number of esters is 1. The third kappa shape index (κ3) is 3.23. The van der Waals surface area contributed by atoms with Crippen LogP contribution in [0.2, 0.25) is 0 Å². The van der Waals surface area contributed by atoms with Crippen LogP contribution in [0.3, 0.4) is 0 Å². The summed E-state index contributed by atoms with van der Waals surface area (Å²) in [5, 5.41) is 3.07. The SMILES string of the molecule is CCOC(=O)CNCc1cc(Br)cc2c1OCC2. The molecule has 0 aliphatic carbocycles. The molecule has 0 spiro atoms. The van der Waals surface area contributed by atoms with Crippen molar-refractivity contribution in [2.24, 2.45) is 0 Å². The molecule has 1 aromatic rings. The Morgan fingerprint density at radius 1 is 1.56 bits per heavy atom. The molecule has 1 aliphatic heterocycles. The van der Waals surface area contributed by atoms with Crippen molar-refractivity contribution in [1.82, 2.24) is 5.32 Å². The Labute approximate surface area is 115 Å². The predicted octanol–water partition coefficient (Wildman–Crippen LogP) is 2.04. The number of carbonyl (C=O) groups is 1. The van der Waals surface area contributed by atoms with Crippen LogP contribution in [0.25, 0.3) is 0 Å². The van der Waals surface area contributed by atoms with Crippen molar-refractivity contribution in [3.8, 4) is 5.75 Å². The summed E-state index contributed by atoms with van der Waals surface area (Å²) < 4.78 is 11.5. The first-order chi connectivity index (χ1) is 8.70. The number of hydrogen-bond acceptors (Lipinski definition) is 4. The molecule has 0 amide bonds. The minimum atomic E-state index is -0.231. The normalized spacial score (nSPS) is 13.0. The van der Waals surface area contributed by atoms with E-state index < -0.39 is 0 Å². The first-order valence-corrected chi connectivity index (χ1v) is 6.80. The molecule has 18 heavy (non-hydrogen) atoms. The highest BCUT2D eigenvalue weighted by molar-refractivity contribution is 9.10. The highest BCUT2D eigenvalue weighted by Crippen LogP contribution is 2.32. The van der Waals surface area contributed by atoms with Crippen molar-refractivity contribution in [3.05, 3.63) is 27.7 Å². The van der Waals surface area contributed by atoms with Crippen LogP contribution in [-0.4, -0.2) is 25.7 Å². The number of benzene rings is 1. The zero-order valence-corrected chi connectivity index (χ0v) is 11.9. The van der Waals surface area contributed by atoms with Gasteiger partial charge in [0, 0.05) is 23.0 Å². The second-order valence-corrected chi connectivity index (χ2v) is 4.98. The molecule has 1 aromatic carbocycles. The number of fused-ring (bicyclic) bond motifs is 1. The molecule has 1 N–H and O–H groups in total. The maximum Gasteiger partial charge on any atom is 0.319 e. The van der Waals surface area contributed by atoms with Crippen LogP contribution in [0.1, 0.15) is 18.1 Å². The first-order valence-electron chi connectivity index (χ1n) is 6.01. The fraction of sp³-hybridized carbons (Fsp3) is 0.462. The van der Waals surface area contributed by atoms with Crippen molar-refractivity contribution in [2.45, 2.75) is 19.9 Å². The van der Waals surface area contributed by atoms with Crippen LogP contribution in [-0.2, 0) is 22.5 Å². The maximum absolute atomic E-state index is 11.2. The van der Waals surface area contributed by atoms with Gasteiger partial charge in [-0.25, -0.2) is 0 Å². The molecular weight excluding hydrogens is 298 g/mol. The molecule has 5 heteroatoms. The number of nitrogens with one attached hydrogen (secondary N) is 1. The fourth-order valence-corrected chi connectivity index (χ4v) is 2.54. The van der Waals surface area contributed by atoms with Crippen molar-refractivity contribution in [1.29, 1.82) is 0 Å². The Kier molecular flexibility index (Phi) is 4.60. The van der Waals surface area contributed by atoms with Gasteiger partial charge in [-0.3, -0.25) is 4.79 Å². The van der Waals surface area contributed by atoms with Gasteiger partial charge in [-0.1, -0.05) is 15.9 Å². The van der Waals surface area contributed by atoms with Crippen molar-refractivity contribution in [3.63, 3.8) is 0 Å². The summed E-state index contributed by atoms with van der Waals surface area (Å²) in [6, 6.07) is 4.10. The Hall–Kier alpha value is -1.07. The van der Waals surface area contributed by atoms with E-state index in [-0.39, 0.29) is 12.5 Å². The second kappa shape index (κ2) is 6.20. The zero-order chi connectivity index (χ0) is 13.0. The van der Waals surface area contributed by atoms with Gasteiger partial charge in [-0.05, 0) is 24.6 Å². The van der Waals surface area contributed by atoms with E-state index in [1.165, 1.54) is 5.56 Å². The van der Waals surface area contributed by atoms with Crippen LogP contribution >= 0.6 is 15.9 Å². The summed E-state index contributed by atoms with van der Waals surface area (Å²) in [5.41, 5.74) is 2.29. The van der Waals surface area contributed by atoms with E-state index >= 15 is 0 Å². The average molecular weight is 314 g/mol. The molecule has 4 nitrogen and oxygen atoms in total. The van der Waals surface area contributed by atoms with E-state index in [1.54, 1.807) is 6.92 Å². The summed E-state index contributed by atoms with van der Waals surface area (Å²) in [4.78, 5) is 11.2.